The SMILES string of the molecule is FC(F)c1cc(I)c(CCl)c(Br)n1. The quantitative estimate of drug-likeness (QED) is 0.426. The van der Waals surface area contributed by atoms with Crippen LogP contribution < -0.4 is 0 Å². The molecule has 0 amide bonds. The molecular weight excluding hydrogens is 378 g/mol. The monoisotopic (exact) mass is 381 g/mol. The van der Waals surface area contributed by atoms with Crippen molar-refractivity contribution in [2.45, 2.75) is 12.3 Å². The number of pyridine rings is 1. The Morgan fingerprint density at radius 2 is 2.23 bits per heavy atom. The van der Waals surface area contributed by atoms with Crippen LogP contribution in [0.25, 0.3) is 0 Å². The van der Waals surface area contributed by atoms with E-state index in [-0.39, 0.29) is 11.6 Å². The first-order chi connectivity index (χ1) is 6.06. The third-order valence-electron chi connectivity index (χ3n) is 1.40. The van der Waals surface area contributed by atoms with Crippen molar-refractivity contribution in [3.05, 3.63) is 25.5 Å². The van der Waals surface area contributed by atoms with Gasteiger partial charge in [0, 0.05) is 9.13 Å². The molecule has 0 aliphatic heterocycles. The summed E-state index contributed by atoms with van der Waals surface area (Å²) in [5, 5.41) is 0. The first kappa shape index (κ1) is 11.6. The van der Waals surface area contributed by atoms with Crippen molar-refractivity contribution in [1.82, 2.24) is 4.98 Å². The molecule has 0 saturated heterocycles. The number of nitrogens with zero attached hydrogens (tertiary/aromatic N) is 1. The average Bonchev–Trinajstić information content (AvgIpc) is 2.03. The van der Waals surface area contributed by atoms with Crippen LogP contribution in [0.3, 0.4) is 0 Å². The molecule has 6 heteroatoms. The highest BCUT2D eigenvalue weighted by atomic mass is 127. The maximum atomic E-state index is 12.2. The lowest BCUT2D eigenvalue weighted by Gasteiger charge is -2.06. The van der Waals surface area contributed by atoms with E-state index in [0.717, 1.165) is 5.56 Å². The highest BCUT2D eigenvalue weighted by Gasteiger charge is 2.14. The van der Waals surface area contributed by atoms with Gasteiger partial charge >= 0.3 is 0 Å². The van der Waals surface area contributed by atoms with Gasteiger partial charge in [0.2, 0.25) is 0 Å². The van der Waals surface area contributed by atoms with E-state index in [2.05, 4.69) is 20.9 Å². The lowest BCUT2D eigenvalue weighted by Crippen LogP contribution is -1.97. The molecule has 0 N–H and O–H groups in total. The molecule has 0 unspecified atom stereocenters. The summed E-state index contributed by atoms with van der Waals surface area (Å²) < 4.78 is 25.6. The van der Waals surface area contributed by atoms with Crippen molar-refractivity contribution < 1.29 is 8.78 Å². The van der Waals surface area contributed by atoms with Gasteiger partial charge in [-0.05, 0) is 44.6 Å². The summed E-state index contributed by atoms with van der Waals surface area (Å²) in [4.78, 5) is 3.68. The van der Waals surface area contributed by atoms with Crippen molar-refractivity contribution in [2.24, 2.45) is 0 Å². The van der Waals surface area contributed by atoms with Crippen molar-refractivity contribution in [3.63, 3.8) is 0 Å². The summed E-state index contributed by atoms with van der Waals surface area (Å²) >= 11 is 10.7. The molecule has 0 spiro atoms. The zero-order valence-corrected chi connectivity index (χ0v) is 10.7. The van der Waals surface area contributed by atoms with Gasteiger partial charge in [-0.25, -0.2) is 13.8 Å². The molecule has 72 valence electrons. The number of rotatable bonds is 2. The van der Waals surface area contributed by atoms with Gasteiger partial charge in [0.05, 0.1) is 5.88 Å². The lowest BCUT2D eigenvalue weighted by atomic mass is 10.3. The Morgan fingerprint density at radius 1 is 1.62 bits per heavy atom. The number of hydrogen-bond donors (Lipinski definition) is 0. The van der Waals surface area contributed by atoms with E-state index in [1.165, 1.54) is 6.07 Å². The van der Waals surface area contributed by atoms with E-state index in [0.29, 0.717) is 8.17 Å². The minimum absolute atomic E-state index is 0.231. The third kappa shape index (κ3) is 2.73. The fourth-order valence-electron chi connectivity index (χ4n) is 0.759. The summed E-state index contributed by atoms with van der Waals surface area (Å²) in [5.74, 6) is 0.259. The molecule has 1 aromatic heterocycles. The molecule has 0 radical (unpaired) electrons. The van der Waals surface area contributed by atoms with Crippen molar-refractivity contribution >= 4 is 50.1 Å². The largest absolute Gasteiger partial charge is 0.280 e. The molecule has 1 rings (SSSR count). The van der Waals surface area contributed by atoms with Gasteiger partial charge in [0.25, 0.3) is 6.43 Å². The minimum atomic E-state index is -2.55. The van der Waals surface area contributed by atoms with Crippen molar-refractivity contribution in [1.29, 1.82) is 0 Å². The Kier molecular flexibility index (Phi) is 4.31. The van der Waals surface area contributed by atoms with Crippen LogP contribution in [0.1, 0.15) is 17.7 Å². The van der Waals surface area contributed by atoms with Crippen molar-refractivity contribution in [2.75, 3.05) is 0 Å². The topological polar surface area (TPSA) is 12.9 Å². The summed E-state index contributed by atoms with van der Waals surface area (Å²) in [6.45, 7) is 0. The number of halogens is 5. The lowest BCUT2D eigenvalue weighted by molar-refractivity contribution is 0.145. The second-order valence-electron chi connectivity index (χ2n) is 2.23. The molecule has 0 saturated carbocycles. The first-order valence-electron chi connectivity index (χ1n) is 3.25. The van der Waals surface area contributed by atoms with E-state index < -0.39 is 6.43 Å². The molecule has 1 heterocycles. The Hall–Kier alpha value is 0.510. The molecule has 0 fully saturated rings. The maximum Gasteiger partial charge on any atom is 0.280 e. The molecule has 0 atom stereocenters. The fraction of sp³-hybridized carbons (Fsp3) is 0.286. The maximum absolute atomic E-state index is 12.2. The standard InChI is InChI=1S/C7H4BrClF2IN/c8-6-3(2-9)4(12)1-5(13-6)7(10)11/h1,7H,2H2. The fourth-order valence-corrected chi connectivity index (χ4v) is 3.11. The van der Waals surface area contributed by atoms with E-state index in [4.69, 9.17) is 11.6 Å². The second-order valence-corrected chi connectivity index (χ2v) is 4.41. The van der Waals surface area contributed by atoms with E-state index in [9.17, 15) is 8.78 Å². The predicted molar refractivity (Wildman–Crippen MR) is 59.2 cm³/mol. The zero-order valence-electron chi connectivity index (χ0n) is 6.20. The highest BCUT2D eigenvalue weighted by Crippen LogP contribution is 2.27. The zero-order chi connectivity index (χ0) is 10.0. The van der Waals surface area contributed by atoms with Gasteiger partial charge in [-0.15, -0.1) is 11.6 Å². The minimum Gasteiger partial charge on any atom is -0.240 e. The molecule has 1 aromatic rings. The smallest absolute Gasteiger partial charge is 0.240 e. The van der Waals surface area contributed by atoms with Crippen LogP contribution in [0.2, 0.25) is 0 Å². The van der Waals surface area contributed by atoms with Crippen LogP contribution in [0.4, 0.5) is 8.78 Å². The van der Waals surface area contributed by atoms with Gasteiger partial charge in [-0.3, -0.25) is 0 Å². The summed E-state index contributed by atoms with van der Waals surface area (Å²) in [5.41, 5.74) is 0.511. The average molecular weight is 382 g/mol. The van der Waals surface area contributed by atoms with Gasteiger partial charge in [-0.1, -0.05) is 0 Å². The van der Waals surface area contributed by atoms with Crippen LogP contribution in [-0.2, 0) is 5.88 Å². The van der Waals surface area contributed by atoms with Gasteiger partial charge < -0.3 is 0 Å². The molecule has 0 aliphatic carbocycles. The van der Waals surface area contributed by atoms with Gasteiger partial charge in [-0.2, -0.15) is 0 Å². The predicted octanol–water partition coefficient (Wildman–Crippen LogP) is 4.13. The summed E-state index contributed by atoms with van der Waals surface area (Å²) in [6.07, 6.45) is -2.55. The number of hydrogen-bond acceptors (Lipinski definition) is 1. The van der Waals surface area contributed by atoms with Gasteiger partial charge in [0.15, 0.2) is 0 Å². The number of aromatic nitrogens is 1. The van der Waals surface area contributed by atoms with Gasteiger partial charge in [0.1, 0.15) is 10.3 Å². The van der Waals surface area contributed by atoms with E-state index in [1.54, 1.807) is 0 Å². The van der Waals surface area contributed by atoms with Crippen LogP contribution in [0, 0.1) is 3.57 Å². The Morgan fingerprint density at radius 3 is 2.62 bits per heavy atom. The molecule has 0 bridgehead atoms. The second kappa shape index (κ2) is 4.84. The normalized spacial score (nSPS) is 10.9. The highest BCUT2D eigenvalue weighted by molar-refractivity contribution is 14.1. The van der Waals surface area contributed by atoms with Crippen LogP contribution in [-0.4, -0.2) is 4.98 Å². The Balaban J connectivity index is 3.20. The molecular formula is C7H4BrClF2IN. The van der Waals surface area contributed by atoms with Crippen LogP contribution in [0.15, 0.2) is 10.7 Å². The molecule has 0 aromatic carbocycles. The molecule has 13 heavy (non-hydrogen) atoms. The van der Waals surface area contributed by atoms with E-state index >= 15 is 0 Å². The Labute approximate surface area is 101 Å². The first-order valence-corrected chi connectivity index (χ1v) is 5.65. The van der Waals surface area contributed by atoms with Crippen LogP contribution >= 0.6 is 50.1 Å². The van der Waals surface area contributed by atoms with Crippen LogP contribution in [0.5, 0.6) is 0 Å². The van der Waals surface area contributed by atoms with Crippen molar-refractivity contribution in [3.8, 4) is 0 Å². The summed E-state index contributed by atoms with van der Waals surface area (Å²) in [6, 6.07) is 1.34. The van der Waals surface area contributed by atoms with E-state index in [1.807, 2.05) is 22.6 Å². The molecule has 0 aliphatic rings. The number of alkyl halides is 3. The molecule has 1 nitrogen and oxygen atoms in total. The third-order valence-corrected chi connectivity index (χ3v) is 3.28. The Bertz CT molecular complexity index is 298. The summed E-state index contributed by atoms with van der Waals surface area (Å²) in [7, 11) is 0.